The fourth-order valence-corrected chi connectivity index (χ4v) is 6.91. The second-order valence-corrected chi connectivity index (χ2v) is 11.6. The summed E-state index contributed by atoms with van der Waals surface area (Å²) in [5.74, 6) is 0.581. The first-order valence-corrected chi connectivity index (χ1v) is 14.2. The largest absolute Gasteiger partial charge is 0.451 e. The minimum atomic E-state index is -4.54. The van der Waals surface area contributed by atoms with Crippen molar-refractivity contribution in [2.75, 3.05) is 29.4 Å². The van der Waals surface area contributed by atoms with Crippen LogP contribution < -0.4 is 15.1 Å². The van der Waals surface area contributed by atoms with Gasteiger partial charge in [-0.2, -0.15) is 18.2 Å². The van der Waals surface area contributed by atoms with Gasteiger partial charge in [0.1, 0.15) is 10.6 Å². The molecule has 1 atom stereocenters. The third kappa shape index (κ3) is 4.80. The molecule has 38 heavy (non-hydrogen) atoms. The Hall–Kier alpha value is -2.96. The monoisotopic (exact) mass is 548 g/mol. The first kappa shape index (κ1) is 25.3. The maximum Gasteiger partial charge on any atom is 0.451 e. The zero-order valence-corrected chi connectivity index (χ0v) is 22.1. The minimum Gasteiger partial charge on any atom is -0.353 e. The number of carbonyl (C=O) groups is 1. The van der Waals surface area contributed by atoms with Crippen LogP contribution >= 0.6 is 11.3 Å². The molecule has 2 fully saturated rings. The standard InChI is InChI=1S/C25H31F3N8OS/c1-2-5-17-12-18-20(34-10-11-36-19(14-34)32-33-23(36)25(26,27)28)30-24(31-22(18)38-17)35-9-8-15(13-35)21(37)29-16-6-3-4-7-16/h12,15-16H,2-11,13-14H2,1H3,(H,29,37)/t15-/m0/s1. The Morgan fingerprint density at radius 3 is 2.68 bits per heavy atom. The number of fused-ring (bicyclic) bond motifs is 2. The van der Waals surface area contributed by atoms with Gasteiger partial charge in [-0.05, 0) is 31.7 Å². The summed E-state index contributed by atoms with van der Waals surface area (Å²) < 4.78 is 41.2. The number of thiophene rings is 1. The molecular weight excluding hydrogens is 517 g/mol. The van der Waals surface area contributed by atoms with Crippen LogP contribution in [-0.4, -0.2) is 56.3 Å². The van der Waals surface area contributed by atoms with E-state index in [4.69, 9.17) is 9.97 Å². The van der Waals surface area contributed by atoms with E-state index in [1.165, 1.54) is 17.7 Å². The number of aryl methyl sites for hydroxylation is 1. The van der Waals surface area contributed by atoms with Gasteiger partial charge in [0.05, 0.1) is 17.8 Å². The highest BCUT2D eigenvalue weighted by atomic mass is 32.1. The molecule has 3 aromatic heterocycles. The lowest BCUT2D eigenvalue weighted by Gasteiger charge is -2.30. The molecule has 2 aliphatic heterocycles. The van der Waals surface area contributed by atoms with Crippen molar-refractivity contribution >= 4 is 39.2 Å². The lowest BCUT2D eigenvalue weighted by atomic mass is 10.1. The van der Waals surface area contributed by atoms with Gasteiger partial charge >= 0.3 is 6.18 Å². The summed E-state index contributed by atoms with van der Waals surface area (Å²) in [6, 6.07) is 2.39. The number of alkyl halides is 3. The molecule has 0 radical (unpaired) electrons. The molecule has 6 rings (SSSR count). The second kappa shape index (κ2) is 9.97. The highest BCUT2D eigenvalue weighted by Gasteiger charge is 2.40. The number of halogens is 3. The number of anilines is 2. The summed E-state index contributed by atoms with van der Waals surface area (Å²) in [5.41, 5.74) is 0. The van der Waals surface area contributed by atoms with Gasteiger partial charge in [-0.25, -0.2) is 4.98 Å². The van der Waals surface area contributed by atoms with E-state index in [2.05, 4.69) is 33.4 Å². The second-order valence-electron chi connectivity index (χ2n) is 10.5. The summed E-state index contributed by atoms with van der Waals surface area (Å²) in [4.78, 5) is 28.8. The number of amides is 1. The van der Waals surface area contributed by atoms with Crippen molar-refractivity contribution in [1.29, 1.82) is 0 Å². The number of nitrogens with one attached hydrogen (secondary N) is 1. The van der Waals surface area contributed by atoms with E-state index in [1.807, 2.05) is 4.90 Å². The molecule has 3 aliphatic rings. The Balaban J connectivity index is 1.28. The molecule has 0 unspecified atom stereocenters. The first-order valence-electron chi connectivity index (χ1n) is 13.4. The fraction of sp³-hybridized carbons (Fsp3) is 0.640. The first-order chi connectivity index (χ1) is 18.3. The molecule has 3 aromatic rings. The van der Waals surface area contributed by atoms with Gasteiger partial charge in [-0.3, -0.25) is 4.79 Å². The molecule has 0 spiro atoms. The normalized spacial score (nSPS) is 20.5. The Morgan fingerprint density at radius 2 is 1.92 bits per heavy atom. The Kier molecular flexibility index (Phi) is 6.65. The van der Waals surface area contributed by atoms with Gasteiger partial charge in [0.2, 0.25) is 17.7 Å². The number of nitrogens with zero attached hydrogens (tertiary/aromatic N) is 7. The van der Waals surface area contributed by atoms with Crippen molar-refractivity contribution in [1.82, 2.24) is 30.0 Å². The van der Waals surface area contributed by atoms with Gasteiger partial charge in [-0.1, -0.05) is 26.2 Å². The Bertz CT molecular complexity index is 1330. The van der Waals surface area contributed by atoms with E-state index < -0.39 is 12.0 Å². The van der Waals surface area contributed by atoms with Crippen molar-refractivity contribution in [3.05, 3.63) is 22.6 Å². The minimum absolute atomic E-state index is 0.105. The van der Waals surface area contributed by atoms with Gasteiger partial charge in [0.25, 0.3) is 0 Å². The third-order valence-corrected chi connectivity index (χ3v) is 8.85. The molecule has 1 N–H and O–H groups in total. The third-order valence-electron chi connectivity index (χ3n) is 7.76. The highest BCUT2D eigenvalue weighted by molar-refractivity contribution is 7.18. The van der Waals surface area contributed by atoms with Gasteiger partial charge < -0.3 is 19.7 Å². The quantitative estimate of drug-likeness (QED) is 0.495. The molecule has 9 nitrogen and oxygen atoms in total. The lowest BCUT2D eigenvalue weighted by Crippen LogP contribution is -2.38. The van der Waals surface area contributed by atoms with E-state index in [1.54, 1.807) is 11.3 Å². The Labute approximate surface area is 222 Å². The maximum atomic E-state index is 13.4. The van der Waals surface area contributed by atoms with Crippen LogP contribution in [0.3, 0.4) is 0 Å². The molecule has 1 saturated heterocycles. The van der Waals surface area contributed by atoms with Crippen LogP contribution in [0.4, 0.5) is 24.9 Å². The van der Waals surface area contributed by atoms with E-state index in [0.717, 1.165) is 46.9 Å². The van der Waals surface area contributed by atoms with Crippen LogP contribution in [0.2, 0.25) is 0 Å². The van der Waals surface area contributed by atoms with Gasteiger partial charge in [-0.15, -0.1) is 21.5 Å². The van der Waals surface area contributed by atoms with E-state index in [-0.39, 0.29) is 36.8 Å². The maximum absolute atomic E-state index is 13.4. The van der Waals surface area contributed by atoms with Gasteiger partial charge in [0.15, 0.2) is 5.82 Å². The summed E-state index contributed by atoms with van der Waals surface area (Å²) in [5, 5.41) is 11.4. The molecule has 5 heterocycles. The predicted molar refractivity (Wildman–Crippen MR) is 138 cm³/mol. The van der Waals surface area contributed by atoms with Crippen molar-refractivity contribution < 1.29 is 18.0 Å². The van der Waals surface area contributed by atoms with Crippen molar-refractivity contribution in [3.63, 3.8) is 0 Å². The average Bonchev–Trinajstić information content (AvgIpc) is 3.68. The molecule has 1 amide bonds. The highest BCUT2D eigenvalue weighted by Crippen LogP contribution is 2.37. The number of carbonyl (C=O) groups excluding carboxylic acids is 1. The van der Waals surface area contributed by atoms with Crippen LogP contribution in [0.1, 0.15) is 62.0 Å². The topological polar surface area (TPSA) is 92.1 Å². The molecule has 1 saturated carbocycles. The van der Waals surface area contributed by atoms with E-state index in [9.17, 15) is 18.0 Å². The number of hydrogen-bond donors (Lipinski definition) is 1. The lowest BCUT2D eigenvalue weighted by molar-refractivity contribution is -0.147. The molecule has 204 valence electrons. The average molecular weight is 549 g/mol. The van der Waals surface area contributed by atoms with Crippen LogP contribution in [0.25, 0.3) is 10.2 Å². The predicted octanol–water partition coefficient (Wildman–Crippen LogP) is 4.16. The SMILES string of the molecule is CCCc1cc2c(N3CCn4c(nnc4C(F)(F)F)C3)nc(N3CC[C@H](C(=O)NC4CCCC4)C3)nc2s1. The summed E-state index contributed by atoms with van der Waals surface area (Å²) in [6.45, 7) is 4.02. The number of hydrogen-bond acceptors (Lipinski definition) is 8. The zero-order chi connectivity index (χ0) is 26.4. The summed E-state index contributed by atoms with van der Waals surface area (Å²) in [7, 11) is 0. The van der Waals surface area contributed by atoms with Gasteiger partial charge in [0, 0.05) is 37.1 Å². The van der Waals surface area contributed by atoms with Crippen molar-refractivity contribution in [3.8, 4) is 0 Å². The zero-order valence-electron chi connectivity index (χ0n) is 21.3. The van der Waals surface area contributed by atoms with Crippen molar-refractivity contribution in [2.45, 2.75) is 77.2 Å². The molecule has 0 aromatic carbocycles. The summed E-state index contributed by atoms with van der Waals surface area (Å²) >= 11 is 1.63. The van der Waals surface area contributed by atoms with Crippen molar-refractivity contribution in [2.24, 2.45) is 5.92 Å². The molecule has 13 heteroatoms. The summed E-state index contributed by atoms with van der Waals surface area (Å²) in [6.07, 6.45) is 2.57. The number of rotatable bonds is 6. The van der Waals surface area contributed by atoms with Crippen LogP contribution in [0.15, 0.2) is 6.07 Å². The number of aromatic nitrogens is 5. The van der Waals surface area contributed by atoms with Crippen LogP contribution in [0.5, 0.6) is 0 Å². The molecular formula is C25H31F3N8OS. The molecule has 1 aliphatic carbocycles. The Morgan fingerprint density at radius 1 is 1.11 bits per heavy atom. The smallest absolute Gasteiger partial charge is 0.353 e. The fourth-order valence-electron chi connectivity index (χ4n) is 5.79. The van der Waals surface area contributed by atoms with E-state index in [0.29, 0.717) is 31.4 Å². The van der Waals surface area contributed by atoms with Crippen LogP contribution in [-0.2, 0) is 30.5 Å². The van der Waals surface area contributed by atoms with Crippen LogP contribution in [0, 0.1) is 5.92 Å². The molecule has 0 bridgehead atoms. The van der Waals surface area contributed by atoms with E-state index >= 15 is 0 Å².